The number of hydrogen-bond acceptors (Lipinski definition) is 2. The van der Waals surface area contributed by atoms with Crippen LogP contribution in [-0.4, -0.2) is 11.8 Å². The van der Waals surface area contributed by atoms with E-state index in [1.165, 1.54) is 0 Å². The van der Waals surface area contributed by atoms with Crippen LogP contribution in [-0.2, 0) is 9.59 Å². The van der Waals surface area contributed by atoms with Crippen LogP contribution in [0, 0.1) is 22.9 Å². The molecule has 0 saturated heterocycles. The quantitative estimate of drug-likeness (QED) is 0.593. The fraction of sp³-hybridized carbons (Fsp3) is 0.300. The molecule has 1 aliphatic carbocycles. The van der Waals surface area contributed by atoms with E-state index in [0.717, 1.165) is 11.6 Å². The van der Waals surface area contributed by atoms with Gasteiger partial charge in [0.2, 0.25) is 11.8 Å². The molecule has 1 fully saturated rings. The minimum absolute atomic E-state index is 0.168. The van der Waals surface area contributed by atoms with Crippen LogP contribution in [0.3, 0.4) is 0 Å². The van der Waals surface area contributed by atoms with E-state index in [9.17, 15) is 22.8 Å². The lowest BCUT2D eigenvalue weighted by Crippen LogP contribution is -2.36. The molecule has 0 bridgehead atoms. The Balaban J connectivity index is 1.78. The second kappa shape index (κ2) is 7.06. The van der Waals surface area contributed by atoms with Crippen molar-refractivity contribution in [1.29, 1.82) is 0 Å². The lowest BCUT2D eigenvalue weighted by Gasteiger charge is -2.18. The van der Waals surface area contributed by atoms with Crippen molar-refractivity contribution in [3.05, 3.63) is 59.4 Å². The molecule has 0 heterocycles. The summed E-state index contributed by atoms with van der Waals surface area (Å²) in [5.74, 6) is -5.60. The van der Waals surface area contributed by atoms with Gasteiger partial charge in [0, 0.05) is 5.69 Å². The number of nitrogens with one attached hydrogen (secondary N) is 2. The molecule has 0 atom stereocenters. The fourth-order valence-corrected chi connectivity index (χ4v) is 2.90. The first-order valence-electron chi connectivity index (χ1n) is 8.61. The summed E-state index contributed by atoms with van der Waals surface area (Å²) in [7, 11) is 0. The number of anilines is 2. The highest BCUT2D eigenvalue weighted by molar-refractivity contribution is 6.17. The summed E-state index contributed by atoms with van der Waals surface area (Å²) in [4.78, 5) is 25.3. The van der Waals surface area contributed by atoms with Gasteiger partial charge in [-0.3, -0.25) is 9.59 Å². The summed E-state index contributed by atoms with van der Waals surface area (Å²) in [6, 6.07) is 8.90. The molecule has 2 aromatic carbocycles. The number of para-hydroxylation sites is 1. The molecule has 2 N–H and O–H groups in total. The van der Waals surface area contributed by atoms with E-state index in [-0.39, 0.29) is 5.92 Å². The zero-order valence-corrected chi connectivity index (χ0v) is 14.9. The van der Waals surface area contributed by atoms with Crippen molar-refractivity contribution < 1.29 is 22.8 Å². The van der Waals surface area contributed by atoms with Crippen molar-refractivity contribution in [3.63, 3.8) is 0 Å². The van der Waals surface area contributed by atoms with Crippen LogP contribution in [0.4, 0.5) is 24.5 Å². The van der Waals surface area contributed by atoms with Gasteiger partial charge in [0.15, 0.2) is 17.5 Å². The summed E-state index contributed by atoms with van der Waals surface area (Å²) in [6.07, 6.45) is 0.583. The van der Waals surface area contributed by atoms with Gasteiger partial charge < -0.3 is 10.6 Å². The predicted molar refractivity (Wildman–Crippen MR) is 95.8 cm³/mol. The van der Waals surface area contributed by atoms with Crippen LogP contribution in [0.1, 0.15) is 38.2 Å². The number of rotatable bonds is 5. The summed E-state index contributed by atoms with van der Waals surface area (Å²) in [5.41, 5.74) is -0.314. The summed E-state index contributed by atoms with van der Waals surface area (Å²) < 4.78 is 40.2. The smallest absolute Gasteiger partial charge is 0.240 e. The third kappa shape index (κ3) is 3.54. The van der Waals surface area contributed by atoms with Crippen molar-refractivity contribution in [2.75, 3.05) is 10.6 Å². The van der Waals surface area contributed by atoms with E-state index >= 15 is 0 Å². The van der Waals surface area contributed by atoms with Crippen molar-refractivity contribution in [3.8, 4) is 0 Å². The predicted octanol–water partition coefficient (Wildman–Crippen LogP) is 4.58. The number of carbonyl (C=O) groups excluding carboxylic acids is 2. The first-order valence-corrected chi connectivity index (χ1v) is 8.61. The summed E-state index contributed by atoms with van der Waals surface area (Å²) >= 11 is 0. The van der Waals surface area contributed by atoms with E-state index in [2.05, 4.69) is 10.6 Å². The Morgan fingerprint density at radius 1 is 0.889 bits per heavy atom. The van der Waals surface area contributed by atoms with E-state index in [1.807, 2.05) is 26.0 Å². The zero-order valence-electron chi connectivity index (χ0n) is 14.9. The van der Waals surface area contributed by atoms with Crippen LogP contribution in [0.5, 0.6) is 0 Å². The average molecular weight is 376 g/mol. The van der Waals surface area contributed by atoms with E-state index < -0.39 is 40.4 Å². The summed E-state index contributed by atoms with van der Waals surface area (Å²) in [5, 5.41) is 4.97. The van der Waals surface area contributed by atoms with E-state index in [1.54, 1.807) is 12.1 Å². The Morgan fingerprint density at radius 2 is 1.48 bits per heavy atom. The Hall–Kier alpha value is -2.83. The number of carbonyl (C=O) groups is 2. The number of hydrogen-bond donors (Lipinski definition) is 2. The highest BCUT2D eigenvalue weighted by Gasteiger charge is 2.56. The van der Waals surface area contributed by atoms with Gasteiger partial charge in [-0.25, -0.2) is 13.2 Å². The molecule has 1 aliphatic rings. The second-order valence-electron chi connectivity index (χ2n) is 6.96. The van der Waals surface area contributed by atoms with E-state index in [4.69, 9.17) is 0 Å². The van der Waals surface area contributed by atoms with Crippen molar-refractivity contribution >= 4 is 23.2 Å². The normalized spacial score (nSPS) is 14.7. The minimum Gasteiger partial charge on any atom is -0.325 e. The molecule has 4 nitrogen and oxygen atoms in total. The molecule has 0 radical (unpaired) electrons. The number of amides is 2. The van der Waals surface area contributed by atoms with Gasteiger partial charge in [-0.1, -0.05) is 32.0 Å². The lowest BCUT2D eigenvalue weighted by atomic mass is 9.99. The number of halogens is 3. The van der Waals surface area contributed by atoms with Gasteiger partial charge >= 0.3 is 0 Å². The molecule has 0 aliphatic heterocycles. The minimum atomic E-state index is -1.67. The molecule has 7 heteroatoms. The SMILES string of the molecule is CC(C)c1ccccc1NC(=O)C1(C(=O)Nc2ccc(F)c(F)c2F)CC1. The van der Waals surface area contributed by atoms with Crippen LogP contribution >= 0.6 is 0 Å². The average Bonchev–Trinajstić information content (AvgIpc) is 3.44. The van der Waals surface area contributed by atoms with Gasteiger partial charge in [-0.15, -0.1) is 0 Å². The molecule has 0 unspecified atom stereocenters. The van der Waals surface area contributed by atoms with Gasteiger partial charge in [0.05, 0.1) is 5.69 Å². The van der Waals surface area contributed by atoms with Crippen molar-refractivity contribution in [2.45, 2.75) is 32.6 Å². The highest BCUT2D eigenvalue weighted by atomic mass is 19.2. The Labute approximate surface area is 154 Å². The van der Waals surface area contributed by atoms with Crippen LogP contribution < -0.4 is 10.6 Å². The largest absolute Gasteiger partial charge is 0.325 e. The number of benzene rings is 2. The van der Waals surface area contributed by atoms with Crippen molar-refractivity contribution in [2.24, 2.45) is 5.41 Å². The lowest BCUT2D eigenvalue weighted by molar-refractivity contribution is -0.131. The third-order valence-electron chi connectivity index (χ3n) is 4.73. The van der Waals surface area contributed by atoms with Gasteiger partial charge in [0.25, 0.3) is 0 Å². The van der Waals surface area contributed by atoms with E-state index in [0.29, 0.717) is 24.6 Å². The highest BCUT2D eigenvalue weighted by Crippen LogP contribution is 2.48. The van der Waals surface area contributed by atoms with Crippen LogP contribution in [0.25, 0.3) is 0 Å². The first kappa shape index (κ1) is 18.9. The first-order chi connectivity index (χ1) is 12.8. The maximum Gasteiger partial charge on any atom is 0.240 e. The Morgan fingerprint density at radius 3 is 2.07 bits per heavy atom. The molecule has 2 amide bonds. The fourth-order valence-electron chi connectivity index (χ4n) is 2.90. The molecule has 3 rings (SSSR count). The molecule has 2 aromatic rings. The standard InChI is InChI=1S/C20H19F3N2O2/c1-11(2)12-5-3-4-6-14(12)24-18(26)20(9-10-20)19(27)25-15-8-7-13(21)16(22)17(15)23/h3-8,11H,9-10H2,1-2H3,(H,24,26)(H,25,27). The van der Waals surface area contributed by atoms with Gasteiger partial charge in [0.1, 0.15) is 5.41 Å². The Kier molecular flexibility index (Phi) is 4.95. The molecule has 0 spiro atoms. The second-order valence-corrected chi connectivity index (χ2v) is 6.96. The zero-order chi connectivity index (χ0) is 19.8. The maximum absolute atomic E-state index is 13.8. The Bertz CT molecular complexity index is 908. The molecule has 142 valence electrons. The topological polar surface area (TPSA) is 58.2 Å². The monoisotopic (exact) mass is 376 g/mol. The van der Waals surface area contributed by atoms with Crippen LogP contribution in [0.2, 0.25) is 0 Å². The van der Waals surface area contributed by atoms with Gasteiger partial charge in [-0.2, -0.15) is 0 Å². The van der Waals surface area contributed by atoms with Gasteiger partial charge in [-0.05, 0) is 42.5 Å². The molecular formula is C20H19F3N2O2. The summed E-state index contributed by atoms with van der Waals surface area (Å²) in [6.45, 7) is 3.97. The van der Waals surface area contributed by atoms with Crippen molar-refractivity contribution in [1.82, 2.24) is 0 Å². The molecule has 27 heavy (non-hydrogen) atoms. The molecule has 1 saturated carbocycles. The third-order valence-corrected chi connectivity index (χ3v) is 4.73. The van der Waals surface area contributed by atoms with Crippen LogP contribution in [0.15, 0.2) is 36.4 Å². The molecule has 0 aromatic heterocycles. The maximum atomic E-state index is 13.8. The molecular weight excluding hydrogens is 357 g/mol.